The lowest BCUT2D eigenvalue weighted by atomic mass is 9.71. The number of halogens is 2. The molecule has 1 aromatic carbocycles. The van der Waals surface area contributed by atoms with Gasteiger partial charge in [0.25, 0.3) is 0 Å². The van der Waals surface area contributed by atoms with Gasteiger partial charge < -0.3 is 10.2 Å². The van der Waals surface area contributed by atoms with E-state index in [0.717, 1.165) is 38.7 Å². The largest absolute Gasteiger partial charge is 0.345 e. The Labute approximate surface area is 141 Å². The Morgan fingerprint density at radius 2 is 1.88 bits per heavy atom. The average molecular weight is 337 g/mol. The Balaban J connectivity index is 1.71. The molecular weight excluding hydrogens is 312 g/mol. The van der Waals surface area contributed by atoms with Crippen LogP contribution in [0, 0.1) is 11.6 Å². The molecule has 0 spiro atoms. The van der Waals surface area contributed by atoms with Crippen LogP contribution in [0.4, 0.5) is 8.78 Å². The van der Waals surface area contributed by atoms with Gasteiger partial charge in [0.1, 0.15) is 11.6 Å². The molecule has 1 aliphatic heterocycles. The number of nitrogens with zero attached hydrogens (tertiary/aromatic N) is 2. The van der Waals surface area contributed by atoms with E-state index < -0.39 is 17.2 Å². The molecule has 1 aromatic rings. The standard InChI is InChI=1S/C18H25F2N3O/c1-13(23-10-8-22(2)9-11-23)17(24)21-18(6-3-7-18)15-5-4-14(19)12-16(15)20/h4-5,12-13H,3,6-11H2,1-2H3,(H,21,24)/t13-/m0/s1. The van der Waals surface area contributed by atoms with Gasteiger partial charge in [-0.05, 0) is 39.3 Å². The van der Waals surface area contributed by atoms with Gasteiger partial charge >= 0.3 is 0 Å². The first-order chi connectivity index (χ1) is 11.4. The van der Waals surface area contributed by atoms with E-state index in [-0.39, 0.29) is 11.9 Å². The van der Waals surface area contributed by atoms with Crippen molar-refractivity contribution in [2.45, 2.75) is 37.8 Å². The zero-order chi connectivity index (χ0) is 17.3. The molecule has 1 heterocycles. The van der Waals surface area contributed by atoms with E-state index in [1.54, 1.807) is 0 Å². The molecule has 0 aromatic heterocycles. The van der Waals surface area contributed by atoms with Crippen molar-refractivity contribution in [2.75, 3.05) is 33.2 Å². The van der Waals surface area contributed by atoms with Gasteiger partial charge in [0.05, 0.1) is 11.6 Å². The van der Waals surface area contributed by atoms with Gasteiger partial charge in [-0.25, -0.2) is 8.78 Å². The predicted octanol–water partition coefficient (Wildman–Crippen LogP) is 2.10. The molecule has 132 valence electrons. The molecule has 0 unspecified atom stereocenters. The second-order valence-corrected chi connectivity index (χ2v) is 7.06. The Morgan fingerprint density at radius 3 is 2.42 bits per heavy atom. The molecule has 1 N–H and O–H groups in total. The molecule has 1 saturated carbocycles. The second kappa shape index (κ2) is 6.76. The molecule has 1 saturated heterocycles. The average Bonchev–Trinajstić information content (AvgIpc) is 2.51. The summed E-state index contributed by atoms with van der Waals surface area (Å²) < 4.78 is 27.4. The highest BCUT2D eigenvalue weighted by atomic mass is 19.1. The number of rotatable bonds is 4. The third kappa shape index (κ3) is 3.30. The Morgan fingerprint density at radius 1 is 1.21 bits per heavy atom. The molecule has 2 fully saturated rings. The normalized spacial score (nSPS) is 22.7. The lowest BCUT2D eigenvalue weighted by Gasteiger charge is -2.45. The fourth-order valence-corrected chi connectivity index (χ4v) is 3.58. The molecule has 6 heteroatoms. The van der Waals surface area contributed by atoms with E-state index in [9.17, 15) is 13.6 Å². The molecule has 2 aliphatic rings. The van der Waals surface area contributed by atoms with Crippen molar-refractivity contribution in [3.8, 4) is 0 Å². The van der Waals surface area contributed by atoms with Gasteiger partial charge in [-0.2, -0.15) is 0 Å². The Bertz CT molecular complexity index is 610. The van der Waals surface area contributed by atoms with Crippen molar-refractivity contribution in [1.82, 2.24) is 15.1 Å². The summed E-state index contributed by atoms with van der Waals surface area (Å²) in [6, 6.07) is 3.37. The van der Waals surface area contributed by atoms with Gasteiger partial charge in [0.15, 0.2) is 0 Å². The van der Waals surface area contributed by atoms with Crippen LogP contribution in [0.2, 0.25) is 0 Å². The van der Waals surface area contributed by atoms with Gasteiger partial charge in [-0.3, -0.25) is 9.69 Å². The number of benzene rings is 1. The molecular formula is C18H25F2N3O. The molecule has 1 atom stereocenters. The number of carbonyl (C=O) groups excluding carboxylic acids is 1. The predicted molar refractivity (Wildman–Crippen MR) is 88.6 cm³/mol. The lowest BCUT2D eigenvalue weighted by molar-refractivity contribution is -0.130. The quantitative estimate of drug-likeness (QED) is 0.914. The first-order valence-electron chi connectivity index (χ1n) is 8.61. The first-order valence-corrected chi connectivity index (χ1v) is 8.61. The van der Waals surface area contributed by atoms with Crippen LogP contribution in [0.3, 0.4) is 0 Å². The van der Waals surface area contributed by atoms with Crippen LogP contribution in [-0.2, 0) is 10.3 Å². The molecule has 0 radical (unpaired) electrons. The van der Waals surface area contributed by atoms with Crippen LogP contribution in [0.25, 0.3) is 0 Å². The fourth-order valence-electron chi connectivity index (χ4n) is 3.58. The van der Waals surface area contributed by atoms with Crippen molar-refractivity contribution in [1.29, 1.82) is 0 Å². The van der Waals surface area contributed by atoms with E-state index in [1.807, 2.05) is 6.92 Å². The lowest BCUT2D eigenvalue weighted by Crippen LogP contribution is -2.58. The highest BCUT2D eigenvalue weighted by molar-refractivity contribution is 5.82. The maximum absolute atomic E-state index is 14.2. The first kappa shape index (κ1) is 17.3. The second-order valence-electron chi connectivity index (χ2n) is 7.06. The summed E-state index contributed by atoms with van der Waals surface area (Å²) >= 11 is 0. The number of piperazine rings is 1. The van der Waals surface area contributed by atoms with Gasteiger partial charge in [0.2, 0.25) is 5.91 Å². The highest BCUT2D eigenvalue weighted by Gasteiger charge is 2.43. The Hall–Kier alpha value is -1.53. The van der Waals surface area contributed by atoms with Crippen LogP contribution in [0.1, 0.15) is 31.7 Å². The van der Waals surface area contributed by atoms with Crippen LogP contribution < -0.4 is 5.32 Å². The number of likely N-dealkylation sites (N-methyl/N-ethyl adjacent to an activating group) is 1. The number of nitrogens with one attached hydrogen (secondary N) is 1. The minimum atomic E-state index is -0.685. The summed E-state index contributed by atoms with van der Waals surface area (Å²) in [5, 5.41) is 3.06. The van der Waals surface area contributed by atoms with E-state index in [1.165, 1.54) is 12.1 Å². The maximum atomic E-state index is 14.2. The Kier molecular flexibility index (Phi) is 4.88. The summed E-state index contributed by atoms with van der Waals surface area (Å²) in [5.74, 6) is -1.26. The number of carbonyl (C=O) groups is 1. The summed E-state index contributed by atoms with van der Waals surface area (Å²) in [4.78, 5) is 17.1. The van der Waals surface area contributed by atoms with Crippen molar-refractivity contribution < 1.29 is 13.6 Å². The SMILES string of the molecule is C[C@@H](C(=O)NC1(c2ccc(F)cc2F)CCC1)N1CCN(C)CC1. The van der Waals surface area contributed by atoms with E-state index >= 15 is 0 Å². The fraction of sp³-hybridized carbons (Fsp3) is 0.611. The zero-order valence-corrected chi connectivity index (χ0v) is 14.3. The molecule has 1 amide bonds. The maximum Gasteiger partial charge on any atom is 0.237 e. The highest BCUT2D eigenvalue weighted by Crippen LogP contribution is 2.42. The smallest absolute Gasteiger partial charge is 0.237 e. The number of hydrogen-bond donors (Lipinski definition) is 1. The minimum Gasteiger partial charge on any atom is -0.345 e. The topological polar surface area (TPSA) is 35.6 Å². The molecule has 24 heavy (non-hydrogen) atoms. The van der Waals surface area contributed by atoms with Crippen LogP contribution >= 0.6 is 0 Å². The number of hydrogen-bond acceptors (Lipinski definition) is 3. The third-order valence-electron chi connectivity index (χ3n) is 5.48. The monoisotopic (exact) mass is 337 g/mol. The van der Waals surface area contributed by atoms with Crippen molar-refractivity contribution in [2.24, 2.45) is 0 Å². The van der Waals surface area contributed by atoms with E-state index in [2.05, 4.69) is 22.2 Å². The van der Waals surface area contributed by atoms with Crippen LogP contribution in [-0.4, -0.2) is 55.0 Å². The molecule has 0 bridgehead atoms. The molecule has 4 nitrogen and oxygen atoms in total. The summed E-state index contributed by atoms with van der Waals surface area (Å²) in [5.41, 5.74) is -0.288. The number of amides is 1. The summed E-state index contributed by atoms with van der Waals surface area (Å²) in [7, 11) is 2.07. The minimum absolute atomic E-state index is 0.0806. The van der Waals surface area contributed by atoms with Crippen molar-refractivity contribution in [3.63, 3.8) is 0 Å². The molecule has 3 rings (SSSR count). The third-order valence-corrected chi connectivity index (χ3v) is 5.48. The van der Waals surface area contributed by atoms with E-state index in [0.29, 0.717) is 18.4 Å². The van der Waals surface area contributed by atoms with E-state index in [4.69, 9.17) is 0 Å². The van der Waals surface area contributed by atoms with Crippen LogP contribution in [0.5, 0.6) is 0 Å². The molecule has 1 aliphatic carbocycles. The van der Waals surface area contributed by atoms with Crippen molar-refractivity contribution >= 4 is 5.91 Å². The van der Waals surface area contributed by atoms with Gasteiger partial charge in [-0.1, -0.05) is 6.07 Å². The van der Waals surface area contributed by atoms with Crippen LogP contribution in [0.15, 0.2) is 18.2 Å². The van der Waals surface area contributed by atoms with Crippen molar-refractivity contribution in [3.05, 3.63) is 35.4 Å². The van der Waals surface area contributed by atoms with Gasteiger partial charge in [-0.15, -0.1) is 0 Å². The summed E-state index contributed by atoms with van der Waals surface area (Å²) in [6.45, 7) is 5.48. The summed E-state index contributed by atoms with van der Waals surface area (Å²) in [6.07, 6.45) is 2.31. The van der Waals surface area contributed by atoms with Gasteiger partial charge in [0, 0.05) is 37.8 Å². The zero-order valence-electron chi connectivity index (χ0n) is 14.3.